The van der Waals surface area contributed by atoms with Gasteiger partial charge < -0.3 is 0 Å². The smallest absolute Gasteiger partial charge is 0.0848 e. The van der Waals surface area contributed by atoms with Crippen LogP contribution in [0.2, 0.25) is 5.02 Å². The van der Waals surface area contributed by atoms with Crippen LogP contribution in [0.1, 0.15) is 22.5 Å². The molecule has 90 valence electrons. The Labute approximate surface area is 111 Å². The molecule has 0 fully saturated rings. The normalized spacial score (nSPS) is 10.9. The van der Waals surface area contributed by atoms with E-state index in [1.54, 1.807) is 0 Å². The fraction of sp³-hybridized carbons (Fsp3) is 0.308. The second-order valence-electron chi connectivity index (χ2n) is 4.16. The van der Waals surface area contributed by atoms with E-state index >= 15 is 0 Å². The maximum atomic E-state index is 6.16. The number of hydrogen-bond donors (Lipinski definition) is 0. The molecule has 0 unspecified atom stereocenters. The third-order valence-corrected chi connectivity index (χ3v) is 3.65. The van der Waals surface area contributed by atoms with Crippen molar-refractivity contribution in [2.75, 3.05) is 0 Å². The van der Waals surface area contributed by atoms with Gasteiger partial charge in [0.2, 0.25) is 0 Å². The number of nitrogens with zero attached hydrogens (tertiary/aromatic N) is 2. The van der Waals surface area contributed by atoms with Crippen LogP contribution in [0.15, 0.2) is 18.2 Å². The molecule has 1 heterocycles. The number of alkyl halides is 1. The van der Waals surface area contributed by atoms with Crippen LogP contribution in [0.5, 0.6) is 0 Å². The van der Waals surface area contributed by atoms with E-state index in [0.29, 0.717) is 10.9 Å². The summed E-state index contributed by atoms with van der Waals surface area (Å²) in [6.07, 6.45) is 0. The Balaban J connectivity index is 2.64. The highest BCUT2D eigenvalue weighted by Gasteiger charge is 2.13. The minimum atomic E-state index is 0.465. The molecule has 0 radical (unpaired) electrons. The van der Waals surface area contributed by atoms with Crippen molar-refractivity contribution < 1.29 is 0 Å². The van der Waals surface area contributed by atoms with Gasteiger partial charge in [-0.2, -0.15) is 5.10 Å². The Kier molecular flexibility index (Phi) is 3.45. The van der Waals surface area contributed by atoms with Crippen LogP contribution in [-0.4, -0.2) is 9.78 Å². The molecule has 1 aromatic heterocycles. The van der Waals surface area contributed by atoms with Crippen LogP contribution >= 0.6 is 23.2 Å². The topological polar surface area (TPSA) is 17.8 Å². The van der Waals surface area contributed by atoms with Crippen LogP contribution in [-0.2, 0) is 5.88 Å². The summed E-state index contributed by atoms with van der Waals surface area (Å²) in [4.78, 5) is 0. The zero-order valence-corrected chi connectivity index (χ0v) is 11.6. The first-order chi connectivity index (χ1) is 8.04. The summed E-state index contributed by atoms with van der Waals surface area (Å²) in [5.74, 6) is 0.465. The third-order valence-electron chi connectivity index (χ3n) is 2.81. The molecule has 2 nitrogen and oxygen atoms in total. The molecular weight excluding hydrogens is 255 g/mol. The molecule has 0 saturated heterocycles. The van der Waals surface area contributed by atoms with Crippen molar-refractivity contribution >= 4 is 23.2 Å². The average molecular weight is 269 g/mol. The van der Waals surface area contributed by atoms with Gasteiger partial charge >= 0.3 is 0 Å². The lowest BCUT2D eigenvalue weighted by atomic mass is 10.1. The van der Waals surface area contributed by atoms with Crippen molar-refractivity contribution in [3.63, 3.8) is 0 Å². The number of rotatable bonds is 2. The van der Waals surface area contributed by atoms with Crippen molar-refractivity contribution in [3.05, 3.63) is 45.7 Å². The minimum absolute atomic E-state index is 0.465. The number of aromatic nitrogens is 2. The molecule has 0 spiro atoms. The zero-order chi connectivity index (χ0) is 12.6. The summed E-state index contributed by atoms with van der Waals surface area (Å²) < 4.78 is 1.86. The van der Waals surface area contributed by atoms with Crippen molar-refractivity contribution in [2.45, 2.75) is 26.7 Å². The summed E-state index contributed by atoms with van der Waals surface area (Å²) in [6.45, 7) is 5.91. The molecule has 0 aliphatic carbocycles. The van der Waals surface area contributed by atoms with Crippen molar-refractivity contribution in [2.24, 2.45) is 0 Å². The first kappa shape index (κ1) is 12.5. The van der Waals surface area contributed by atoms with Crippen LogP contribution < -0.4 is 0 Å². The van der Waals surface area contributed by atoms with Gasteiger partial charge in [0, 0.05) is 5.88 Å². The predicted octanol–water partition coefficient (Wildman–Crippen LogP) is 4.19. The van der Waals surface area contributed by atoms with Crippen LogP contribution in [0.4, 0.5) is 0 Å². The van der Waals surface area contributed by atoms with E-state index in [-0.39, 0.29) is 0 Å². The Hall–Kier alpha value is -0.990. The molecule has 0 aliphatic rings. The van der Waals surface area contributed by atoms with Crippen LogP contribution in [0, 0.1) is 20.8 Å². The zero-order valence-electron chi connectivity index (χ0n) is 10.1. The summed E-state index contributed by atoms with van der Waals surface area (Å²) >= 11 is 12.1. The van der Waals surface area contributed by atoms with E-state index in [1.165, 1.54) is 5.56 Å². The molecular formula is C13H14Cl2N2. The van der Waals surface area contributed by atoms with E-state index in [9.17, 15) is 0 Å². The highest BCUT2D eigenvalue weighted by molar-refractivity contribution is 6.31. The van der Waals surface area contributed by atoms with Gasteiger partial charge in [-0.15, -0.1) is 11.6 Å². The molecule has 0 N–H and O–H groups in total. The lowest BCUT2D eigenvalue weighted by Gasteiger charge is -2.10. The van der Waals surface area contributed by atoms with Gasteiger partial charge in [-0.3, -0.25) is 0 Å². The number of hydrogen-bond acceptors (Lipinski definition) is 1. The molecule has 0 atom stereocenters. The monoisotopic (exact) mass is 268 g/mol. The molecule has 4 heteroatoms. The van der Waals surface area contributed by atoms with E-state index in [1.807, 2.05) is 31.5 Å². The minimum Gasteiger partial charge on any atom is -0.236 e. The van der Waals surface area contributed by atoms with Gasteiger partial charge in [-0.25, -0.2) is 4.68 Å². The van der Waals surface area contributed by atoms with E-state index in [4.69, 9.17) is 23.2 Å². The lowest BCUT2D eigenvalue weighted by molar-refractivity contribution is 0.825. The highest BCUT2D eigenvalue weighted by Crippen LogP contribution is 2.25. The van der Waals surface area contributed by atoms with Gasteiger partial charge in [0.25, 0.3) is 0 Å². The summed E-state index contributed by atoms with van der Waals surface area (Å²) in [6, 6.07) is 6.16. The van der Waals surface area contributed by atoms with Crippen LogP contribution in [0.3, 0.4) is 0 Å². The first-order valence-corrected chi connectivity index (χ1v) is 6.33. The maximum Gasteiger partial charge on any atom is 0.0848 e. The van der Waals surface area contributed by atoms with Gasteiger partial charge in [-0.1, -0.05) is 29.3 Å². The second kappa shape index (κ2) is 4.71. The molecule has 1 aromatic carbocycles. The SMILES string of the molecule is Cc1ccc(-n2nc(C)c(Cl)c2C)c(CCl)c1. The van der Waals surface area contributed by atoms with E-state index in [2.05, 4.69) is 17.2 Å². The molecule has 0 bridgehead atoms. The van der Waals surface area contributed by atoms with E-state index < -0.39 is 0 Å². The Morgan fingerprint density at radius 2 is 1.94 bits per heavy atom. The number of aryl methyl sites for hydroxylation is 2. The fourth-order valence-electron chi connectivity index (χ4n) is 1.89. The Morgan fingerprint density at radius 1 is 1.24 bits per heavy atom. The molecule has 0 aliphatic heterocycles. The Morgan fingerprint density at radius 3 is 2.47 bits per heavy atom. The number of halogens is 2. The van der Waals surface area contributed by atoms with Gasteiger partial charge in [0.1, 0.15) is 0 Å². The Bertz CT molecular complexity index is 559. The van der Waals surface area contributed by atoms with E-state index in [0.717, 1.165) is 22.6 Å². The van der Waals surface area contributed by atoms with Crippen LogP contribution in [0.25, 0.3) is 5.69 Å². The quantitative estimate of drug-likeness (QED) is 0.747. The maximum absolute atomic E-state index is 6.16. The second-order valence-corrected chi connectivity index (χ2v) is 4.81. The molecule has 2 rings (SSSR count). The average Bonchev–Trinajstić information content (AvgIpc) is 2.57. The lowest BCUT2D eigenvalue weighted by Crippen LogP contribution is -2.03. The molecule has 0 saturated carbocycles. The molecule has 0 amide bonds. The van der Waals surface area contributed by atoms with Crippen molar-refractivity contribution in [1.82, 2.24) is 9.78 Å². The van der Waals surface area contributed by atoms with Gasteiger partial charge in [0.15, 0.2) is 0 Å². The summed E-state index contributed by atoms with van der Waals surface area (Å²) in [5, 5.41) is 5.16. The number of benzene rings is 1. The van der Waals surface area contributed by atoms with Crippen molar-refractivity contribution in [1.29, 1.82) is 0 Å². The van der Waals surface area contributed by atoms with Crippen molar-refractivity contribution in [3.8, 4) is 5.69 Å². The third kappa shape index (κ3) is 2.20. The first-order valence-electron chi connectivity index (χ1n) is 5.42. The van der Waals surface area contributed by atoms with Gasteiger partial charge in [-0.05, 0) is 32.4 Å². The standard InChI is InChI=1S/C13H14Cl2N2/c1-8-4-5-12(11(6-8)7-14)17-10(3)13(15)9(2)16-17/h4-6H,7H2,1-3H3. The largest absolute Gasteiger partial charge is 0.236 e. The summed E-state index contributed by atoms with van der Waals surface area (Å²) in [7, 11) is 0. The fourth-order valence-corrected chi connectivity index (χ4v) is 2.22. The predicted molar refractivity (Wildman–Crippen MR) is 72.3 cm³/mol. The molecule has 2 aromatic rings. The summed E-state index contributed by atoms with van der Waals surface area (Å²) in [5.41, 5.74) is 5.04. The van der Waals surface area contributed by atoms with Gasteiger partial charge in [0.05, 0.1) is 22.1 Å². The highest BCUT2D eigenvalue weighted by atomic mass is 35.5. The molecule has 17 heavy (non-hydrogen) atoms.